The van der Waals surface area contributed by atoms with Gasteiger partial charge in [0.2, 0.25) is 11.8 Å². The van der Waals surface area contributed by atoms with E-state index in [2.05, 4.69) is 21.5 Å². The lowest BCUT2D eigenvalue weighted by atomic mass is 10.1. The summed E-state index contributed by atoms with van der Waals surface area (Å²) in [5.74, 6) is 1.36. The van der Waals surface area contributed by atoms with Crippen LogP contribution in [0.5, 0.6) is 0 Å². The van der Waals surface area contributed by atoms with E-state index in [0.29, 0.717) is 12.8 Å². The molecule has 4 heterocycles. The summed E-state index contributed by atoms with van der Waals surface area (Å²) >= 11 is 1.57. The zero-order chi connectivity index (χ0) is 19.7. The third-order valence-electron chi connectivity index (χ3n) is 5.85. The van der Waals surface area contributed by atoms with Crippen LogP contribution in [0.3, 0.4) is 0 Å². The van der Waals surface area contributed by atoms with Crippen LogP contribution >= 0.6 is 11.3 Å². The Morgan fingerprint density at radius 2 is 2.18 bits per heavy atom. The minimum atomic E-state index is 0.0270. The second-order valence-electron chi connectivity index (χ2n) is 7.58. The number of hydrogen-bond donors (Lipinski definition) is 0. The van der Waals surface area contributed by atoms with Crippen LogP contribution in [0.1, 0.15) is 42.7 Å². The molecule has 4 rings (SSSR count). The second kappa shape index (κ2) is 8.03. The number of likely N-dealkylation sites (tertiary alicyclic amines) is 2. The van der Waals surface area contributed by atoms with Crippen molar-refractivity contribution in [3.63, 3.8) is 0 Å². The van der Waals surface area contributed by atoms with Gasteiger partial charge in [-0.25, -0.2) is 9.97 Å². The number of imidazole rings is 1. The topological polar surface area (TPSA) is 71.3 Å². The van der Waals surface area contributed by atoms with Crippen LogP contribution in [0.15, 0.2) is 17.8 Å². The van der Waals surface area contributed by atoms with Crippen LogP contribution in [0.25, 0.3) is 0 Å². The number of fused-ring (bicyclic) bond motifs is 1. The Morgan fingerprint density at radius 1 is 1.32 bits per heavy atom. The fraction of sp³-hybridized carbons (Fsp3) is 0.600. The number of rotatable bonds is 7. The third kappa shape index (κ3) is 3.70. The molecule has 0 saturated carbocycles. The van der Waals surface area contributed by atoms with E-state index in [0.717, 1.165) is 55.4 Å². The van der Waals surface area contributed by atoms with E-state index in [1.54, 1.807) is 11.3 Å². The molecule has 2 aliphatic heterocycles. The number of carbonyl (C=O) groups is 2. The highest BCUT2D eigenvalue weighted by molar-refractivity contribution is 7.09. The molecular formula is C20H27N5O2S. The van der Waals surface area contributed by atoms with Crippen molar-refractivity contribution in [2.45, 2.75) is 64.6 Å². The summed E-state index contributed by atoms with van der Waals surface area (Å²) in [6.07, 6.45) is 7.33. The molecule has 0 aromatic carbocycles. The van der Waals surface area contributed by atoms with Gasteiger partial charge in [0.15, 0.2) is 0 Å². The second-order valence-corrected chi connectivity index (χ2v) is 8.64. The van der Waals surface area contributed by atoms with Crippen LogP contribution in [0, 0.1) is 6.92 Å². The fourth-order valence-electron chi connectivity index (χ4n) is 4.54. The Balaban J connectivity index is 1.34. The lowest BCUT2D eigenvalue weighted by Crippen LogP contribution is -2.40. The maximum absolute atomic E-state index is 12.8. The lowest BCUT2D eigenvalue weighted by Gasteiger charge is -2.25. The van der Waals surface area contributed by atoms with Gasteiger partial charge in [0.05, 0.1) is 29.2 Å². The normalized spacial score (nSPS) is 21.6. The number of nitrogens with zero attached hydrogens (tertiary/aromatic N) is 5. The van der Waals surface area contributed by atoms with Crippen LogP contribution in [0.2, 0.25) is 0 Å². The van der Waals surface area contributed by atoms with Gasteiger partial charge in [0, 0.05) is 50.2 Å². The van der Waals surface area contributed by atoms with Crippen molar-refractivity contribution in [1.82, 2.24) is 24.3 Å². The summed E-state index contributed by atoms with van der Waals surface area (Å²) < 4.78 is 2.17. The Labute approximate surface area is 169 Å². The molecular weight excluding hydrogens is 374 g/mol. The minimum absolute atomic E-state index is 0.0270. The first kappa shape index (κ1) is 19.1. The average molecular weight is 402 g/mol. The molecule has 2 aliphatic rings. The third-order valence-corrected chi connectivity index (χ3v) is 6.67. The first-order valence-electron chi connectivity index (χ1n) is 10.1. The van der Waals surface area contributed by atoms with E-state index in [4.69, 9.17) is 0 Å². The zero-order valence-electron chi connectivity index (χ0n) is 16.5. The number of hydrogen-bond acceptors (Lipinski definition) is 5. The summed E-state index contributed by atoms with van der Waals surface area (Å²) in [7, 11) is 0. The number of thiazole rings is 1. The first-order valence-corrected chi connectivity index (χ1v) is 10.9. The highest BCUT2D eigenvalue weighted by atomic mass is 32.1. The van der Waals surface area contributed by atoms with Gasteiger partial charge in [-0.1, -0.05) is 6.92 Å². The van der Waals surface area contributed by atoms with Crippen LogP contribution in [-0.2, 0) is 29.0 Å². The van der Waals surface area contributed by atoms with Gasteiger partial charge >= 0.3 is 0 Å². The minimum Gasteiger partial charge on any atom is -0.337 e. The molecule has 2 aromatic rings. The lowest BCUT2D eigenvalue weighted by molar-refractivity contribution is -0.131. The number of amides is 2. The summed E-state index contributed by atoms with van der Waals surface area (Å²) in [6, 6.07) is 0.196. The quantitative estimate of drug-likeness (QED) is 0.712. The van der Waals surface area contributed by atoms with E-state index in [1.807, 2.05) is 34.5 Å². The van der Waals surface area contributed by atoms with E-state index < -0.39 is 0 Å². The van der Waals surface area contributed by atoms with Gasteiger partial charge < -0.3 is 14.4 Å². The number of carbonyl (C=O) groups excluding carboxylic acids is 2. The fourth-order valence-corrected chi connectivity index (χ4v) is 5.16. The molecule has 2 aromatic heterocycles. The zero-order valence-corrected chi connectivity index (χ0v) is 17.3. The van der Waals surface area contributed by atoms with E-state index in [1.165, 1.54) is 0 Å². The molecule has 8 heteroatoms. The Bertz CT molecular complexity index is 860. The largest absolute Gasteiger partial charge is 0.337 e. The predicted octanol–water partition coefficient (Wildman–Crippen LogP) is 2.05. The van der Waals surface area contributed by atoms with Gasteiger partial charge in [-0.15, -0.1) is 11.3 Å². The monoisotopic (exact) mass is 401 g/mol. The molecule has 2 fully saturated rings. The molecule has 0 radical (unpaired) electrons. The van der Waals surface area contributed by atoms with Crippen molar-refractivity contribution in [3.05, 3.63) is 34.3 Å². The first-order chi connectivity index (χ1) is 13.6. The van der Waals surface area contributed by atoms with Crippen molar-refractivity contribution in [1.29, 1.82) is 0 Å². The van der Waals surface area contributed by atoms with Crippen molar-refractivity contribution in [2.24, 2.45) is 0 Å². The van der Waals surface area contributed by atoms with Gasteiger partial charge in [0.1, 0.15) is 5.82 Å². The van der Waals surface area contributed by atoms with Crippen molar-refractivity contribution < 1.29 is 9.59 Å². The molecule has 150 valence electrons. The molecule has 0 spiro atoms. The van der Waals surface area contributed by atoms with Crippen LogP contribution in [-0.4, -0.2) is 61.3 Å². The maximum Gasteiger partial charge on any atom is 0.228 e. The molecule has 0 aliphatic carbocycles. The Morgan fingerprint density at radius 3 is 2.93 bits per heavy atom. The Kier molecular flexibility index (Phi) is 5.48. The van der Waals surface area contributed by atoms with E-state index >= 15 is 0 Å². The molecule has 2 atom stereocenters. The molecule has 0 unspecified atom stereocenters. The molecule has 0 N–H and O–H groups in total. The molecule has 2 saturated heterocycles. The number of aryl methyl sites for hydroxylation is 3. The predicted molar refractivity (Wildman–Crippen MR) is 107 cm³/mol. The Hall–Kier alpha value is -2.22. The van der Waals surface area contributed by atoms with Gasteiger partial charge in [-0.2, -0.15) is 0 Å². The summed E-state index contributed by atoms with van der Waals surface area (Å²) in [5, 5.41) is 2.93. The standard InChI is InChI=1S/C20H27N5O2S/c1-3-18-21-6-10-23(18)7-4-8-24-16-5-9-25(17(16)12-20(24)27)19(26)11-15-13-28-14(2)22-15/h6,10,13,16-17H,3-5,7-9,11-12H2,1-2H3/t16-,17-/m0/s1. The molecule has 28 heavy (non-hydrogen) atoms. The SMILES string of the molecule is CCc1nccn1CCCN1C(=O)C[C@H]2[C@@H]1CCN2C(=O)Cc1csc(C)n1. The van der Waals surface area contributed by atoms with Gasteiger partial charge in [-0.05, 0) is 19.8 Å². The van der Waals surface area contributed by atoms with Crippen LogP contribution in [0.4, 0.5) is 0 Å². The van der Waals surface area contributed by atoms with E-state index in [9.17, 15) is 9.59 Å². The van der Waals surface area contributed by atoms with Crippen LogP contribution < -0.4 is 0 Å². The summed E-state index contributed by atoms with van der Waals surface area (Å²) in [5.41, 5.74) is 0.837. The van der Waals surface area contributed by atoms with Crippen molar-refractivity contribution in [3.8, 4) is 0 Å². The smallest absolute Gasteiger partial charge is 0.228 e. The average Bonchev–Trinajstić information content (AvgIpc) is 3.42. The molecule has 7 nitrogen and oxygen atoms in total. The number of aromatic nitrogens is 3. The summed E-state index contributed by atoms with van der Waals surface area (Å²) in [4.78, 5) is 38.0. The molecule has 2 amide bonds. The van der Waals surface area contributed by atoms with Gasteiger partial charge in [-0.3, -0.25) is 9.59 Å². The van der Waals surface area contributed by atoms with Crippen molar-refractivity contribution in [2.75, 3.05) is 13.1 Å². The van der Waals surface area contributed by atoms with Crippen molar-refractivity contribution >= 4 is 23.2 Å². The maximum atomic E-state index is 12.8. The highest BCUT2D eigenvalue weighted by Gasteiger charge is 2.47. The van der Waals surface area contributed by atoms with E-state index in [-0.39, 0.29) is 23.9 Å². The van der Waals surface area contributed by atoms with Gasteiger partial charge in [0.25, 0.3) is 0 Å². The summed E-state index contributed by atoms with van der Waals surface area (Å²) in [6.45, 7) is 6.41. The molecule has 0 bridgehead atoms. The highest BCUT2D eigenvalue weighted by Crippen LogP contribution is 2.33.